The Labute approximate surface area is 141 Å². The molecule has 24 heavy (non-hydrogen) atoms. The predicted molar refractivity (Wildman–Crippen MR) is 87.6 cm³/mol. The van der Waals surface area contributed by atoms with Crippen LogP contribution in [0, 0.1) is 6.92 Å². The van der Waals surface area contributed by atoms with E-state index in [1.807, 2.05) is 36.1 Å². The van der Waals surface area contributed by atoms with Gasteiger partial charge in [-0.2, -0.15) is 0 Å². The topological polar surface area (TPSA) is 64.8 Å². The maximum absolute atomic E-state index is 12.5. The monoisotopic (exact) mass is 330 g/mol. The van der Waals surface area contributed by atoms with E-state index in [9.17, 15) is 4.79 Å². The third kappa shape index (κ3) is 3.59. The Bertz CT molecular complexity index is 698. The van der Waals surface area contributed by atoms with Crippen molar-refractivity contribution in [2.24, 2.45) is 0 Å². The largest absolute Gasteiger partial charge is 0.496 e. The van der Waals surface area contributed by atoms with Crippen molar-refractivity contribution < 1.29 is 18.7 Å². The molecule has 1 amide bonds. The summed E-state index contributed by atoms with van der Waals surface area (Å²) in [5.74, 6) is 2.02. The van der Waals surface area contributed by atoms with Crippen molar-refractivity contribution in [1.29, 1.82) is 0 Å². The zero-order valence-corrected chi connectivity index (χ0v) is 14.0. The maximum atomic E-state index is 12.5. The number of oxazole rings is 1. The normalized spacial score (nSPS) is 17.2. The SMILES string of the molecule is COc1ccccc1C1CCCN1C(=O)COCc1ncc(C)o1. The molecule has 1 unspecified atom stereocenters. The first-order valence-electron chi connectivity index (χ1n) is 8.10. The van der Waals surface area contributed by atoms with E-state index in [0.717, 1.165) is 36.5 Å². The zero-order chi connectivity index (χ0) is 16.9. The highest BCUT2D eigenvalue weighted by atomic mass is 16.5. The Hall–Kier alpha value is -2.34. The molecule has 0 N–H and O–H groups in total. The summed E-state index contributed by atoms with van der Waals surface area (Å²) in [4.78, 5) is 18.5. The molecule has 1 aliphatic heterocycles. The van der Waals surface area contributed by atoms with E-state index in [-0.39, 0.29) is 25.2 Å². The number of nitrogens with zero attached hydrogens (tertiary/aromatic N) is 2. The number of rotatable bonds is 6. The second-order valence-electron chi connectivity index (χ2n) is 5.84. The molecular formula is C18H22N2O4. The summed E-state index contributed by atoms with van der Waals surface area (Å²) < 4.78 is 16.2. The molecule has 1 fully saturated rings. The van der Waals surface area contributed by atoms with Gasteiger partial charge in [-0.3, -0.25) is 4.79 Å². The van der Waals surface area contributed by atoms with Gasteiger partial charge in [0.2, 0.25) is 11.8 Å². The summed E-state index contributed by atoms with van der Waals surface area (Å²) in [7, 11) is 1.65. The highest BCUT2D eigenvalue weighted by Crippen LogP contribution is 2.36. The molecule has 1 aliphatic rings. The van der Waals surface area contributed by atoms with Crippen LogP contribution >= 0.6 is 0 Å². The molecule has 1 aromatic carbocycles. The highest BCUT2D eigenvalue weighted by molar-refractivity contribution is 5.78. The second-order valence-corrected chi connectivity index (χ2v) is 5.84. The Morgan fingerprint density at radius 3 is 3.00 bits per heavy atom. The van der Waals surface area contributed by atoms with Crippen LogP contribution in [0.5, 0.6) is 5.75 Å². The second kappa shape index (κ2) is 7.49. The van der Waals surface area contributed by atoms with Crippen LogP contribution < -0.4 is 4.74 Å². The van der Waals surface area contributed by atoms with Crippen LogP contribution in [-0.2, 0) is 16.1 Å². The summed E-state index contributed by atoms with van der Waals surface area (Å²) in [5, 5.41) is 0. The molecule has 0 bridgehead atoms. The van der Waals surface area contributed by atoms with Crippen molar-refractivity contribution in [1.82, 2.24) is 9.88 Å². The molecule has 1 atom stereocenters. The fourth-order valence-corrected chi connectivity index (χ4v) is 3.11. The standard InChI is InChI=1S/C18H22N2O4/c1-13-10-19-17(24-13)11-23-12-18(21)20-9-5-7-15(20)14-6-3-4-8-16(14)22-2/h3-4,6,8,10,15H,5,7,9,11-12H2,1-2H3. The molecule has 1 aromatic heterocycles. The number of para-hydroxylation sites is 1. The molecule has 3 rings (SSSR count). The lowest BCUT2D eigenvalue weighted by Crippen LogP contribution is -2.33. The van der Waals surface area contributed by atoms with Crippen LogP contribution in [0.25, 0.3) is 0 Å². The van der Waals surface area contributed by atoms with Gasteiger partial charge < -0.3 is 18.8 Å². The average molecular weight is 330 g/mol. The van der Waals surface area contributed by atoms with Crippen molar-refractivity contribution in [3.63, 3.8) is 0 Å². The molecule has 0 spiro atoms. The number of ether oxygens (including phenoxy) is 2. The molecular weight excluding hydrogens is 308 g/mol. The summed E-state index contributed by atoms with van der Waals surface area (Å²) in [6.07, 6.45) is 3.55. The van der Waals surface area contributed by atoms with Gasteiger partial charge in [0.25, 0.3) is 0 Å². The first-order chi connectivity index (χ1) is 11.7. The number of carbonyl (C=O) groups excluding carboxylic acids is 1. The number of aromatic nitrogens is 1. The smallest absolute Gasteiger partial charge is 0.249 e. The molecule has 0 saturated carbocycles. The summed E-state index contributed by atoms with van der Waals surface area (Å²) in [6, 6.07) is 7.90. The lowest BCUT2D eigenvalue weighted by atomic mass is 10.0. The van der Waals surface area contributed by atoms with E-state index in [2.05, 4.69) is 4.98 Å². The van der Waals surface area contributed by atoms with Crippen molar-refractivity contribution in [3.8, 4) is 5.75 Å². The van der Waals surface area contributed by atoms with Gasteiger partial charge in [0.15, 0.2) is 0 Å². The van der Waals surface area contributed by atoms with E-state index in [1.54, 1.807) is 13.3 Å². The van der Waals surface area contributed by atoms with E-state index in [4.69, 9.17) is 13.9 Å². The fraction of sp³-hybridized carbons (Fsp3) is 0.444. The first kappa shape index (κ1) is 16.5. The molecule has 6 heteroatoms. The molecule has 2 aromatic rings. The van der Waals surface area contributed by atoms with Crippen LogP contribution in [0.3, 0.4) is 0 Å². The van der Waals surface area contributed by atoms with Crippen molar-refractivity contribution >= 4 is 5.91 Å². The van der Waals surface area contributed by atoms with Gasteiger partial charge in [0.1, 0.15) is 24.7 Å². The zero-order valence-electron chi connectivity index (χ0n) is 14.0. The lowest BCUT2D eigenvalue weighted by molar-refractivity contribution is -0.137. The molecule has 0 radical (unpaired) electrons. The number of benzene rings is 1. The highest BCUT2D eigenvalue weighted by Gasteiger charge is 2.31. The molecule has 0 aliphatic carbocycles. The number of hydrogen-bond acceptors (Lipinski definition) is 5. The summed E-state index contributed by atoms with van der Waals surface area (Å²) in [6.45, 7) is 2.78. The molecule has 2 heterocycles. The van der Waals surface area contributed by atoms with E-state index in [0.29, 0.717) is 5.89 Å². The van der Waals surface area contributed by atoms with Gasteiger partial charge in [-0.05, 0) is 25.8 Å². The molecule has 1 saturated heterocycles. The van der Waals surface area contributed by atoms with Gasteiger partial charge in [-0.15, -0.1) is 0 Å². The van der Waals surface area contributed by atoms with Crippen LogP contribution in [0.2, 0.25) is 0 Å². The Morgan fingerprint density at radius 2 is 2.25 bits per heavy atom. The summed E-state index contributed by atoms with van der Waals surface area (Å²) in [5.41, 5.74) is 1.05. The van der Waals surface area contributed by atoms with Crippen molar-refractivity contribution in [2.75, 3.05) is 20.3 Å². The minimum absolute atomic E-state index is 0.0209. The van der Waals surface area contributed by atoms with Gasteiger partial charge in [-0.1, -0.05) is 18.2 Å². The average Bonchev–Trinajstić information content (AvgIpc) is 3.23. The number of aryl methyl sites for hydroxylation is 1. The quantitative estimate of drug-likeness (QED) is 0.815. The summed E-state index contributed by atoms with van der Waals surface area (Å²) >= 11 is 0. The number of likely N-dealkylation sites (tertiary alicyclic amines) is 1. The van der Waals surface area contributed by atoms with Gasteiger partial charge >= 0.3 is 0 Å². The van der Waals surface area contributed by atoms with Crippen molar-refractivity contribution in [2.45, 2.75) is 32.4 Å². The molecule has 6 nitrogen and oxygen atoms in total. The van der Waals surface area contributed by atoms with Crippen LogP contribution in [0.4, 0.5) is 0 Å². The van der Waals surface area contributed by atoms with Gasteiger partial charge in [0.05, 0.1) is 19.3 Å². The van der Waals surface area contributed by atoms with Crippen LogP contribution in [-0.4, -0.2) is 36.1 Å². The lowest BCUT2D eigenvalue weighted by Gasteiger charge is -2.26. The minimum atomic E-state index is -0.0216. The number of hydrogen-bond donors (Lipinski definition) is 0. The van der Waals surface area contributed by atoms with Gasteiger partial charge in [0, 0.05) is 12.1 Å². The van der Waals surface area contributed by atoms with Gasteiger partial charge in [-0.25, -0.2) is 4.98 Å². The molecule has 128 valence electrons. The number of amides is 1. The number of methoxy groups -OCH3 is 1. The Balaban J connectivity index is 1.61. The van der Waals surface area contributed by atoms with E-state index < -0.39 is 0 Å². The van der Waals surface area contributed by atoms with E-state index in [1.165, 1.54) is 0 Å². The third-order valence-corrected chi connectivity index (χ3v) is 4.19. The fourth-order valence-electron chi connectivity index (χ4n) is 3.11. The van der Waals surface area contributed by atoms with Crippen molar-refractivity contribution in [3.05, 3.63) is 47.7 Å². The maximum Gasteiger partial charge on any atom is 0.249 e. The Morgan fingerprint density at radius 1 is 1.42 bits per heavy atom. The first-order valence-corrected chi connectivity index (χ1v) is 8.10. The van der Waals surface area contributed by atoms with E-state index >= 15 is 0 Å². The van der Waals surface area contributed by atoms with Crippen LogP contribution in [0.1, 0.15) is 36.1 Å². The van der Waals surface area contributed by atoms with Crippen LogP contribution in [0.15, 0.2) is 34.9 Å². The predicted octanol–water partition coefficient (Wildman–Crippen LogP) is 2.87. The third-order valence-electron chi connectivity index (χ3n) is 4.19. The Kier molecular flexibility index (Phi) is 5.15. The number of carbonyl (C=O) groups is 1. The minimum Gasteiger partial charge on any atom is -0.496 e.